The molecule has 1 saturated heterocycles. The van der Waals surface area contributed by atoms with Gasteiger partial charge in [0.15, 0.2) is 0 Å². The molecule has 3 rings (SSSR count). The molecule has 2 heterocycles. The maximum atomic E-state index is 12.7. The summed E-state index contributed by atoms with van der Waals surface area (Å²) in [5, 5.41) is 16.3. The Morgan fingerprint density at radius 1 is 1.33 bits per heavy atom. The van der Waals surface area contributed by atoms with Crippen LogP contribution in [0.1, 0.15) is 36.3 Å². The first-order valence-electron chi connectivity index (χ1n) is 9.31. The highest BCUT2D eigenvalue weighted by Gasteiger charge is 2.29. The third-order valence-electron chi connectivity index (χ3n) is 5.03. The van der Waals surface area contributed by atoms with Gasteiger partial charge in [-0.05, 0) is 30.4 Å². The lowest BCUT2D eigenvalue weighted by Crippen LogP contribution is -2.44. The van der Waals surface area contributed by atoms with Crippen LogP contribution in [0.25, 0.3) is 0 Å². The van der Waals surface area contributed by atoms with Crippen LogP contribution in [0.5, 0.6) is 0 Å². The van der Waals surface area contributed by atoms with Crippen molar-refractivity contribution in [2.45, 2.75) is 37.6 Å². The van der Waals surface area contributed by atoms with Gasteiger partial charge in [-0.25, -0.2) is 4.79 Å². The number of urea groups is 1. The van der Waals surface area contributed by atoms with Crippen LogP contribution in [-0.4, -0.2) is 50.9 Å². The molecule has 0 spiro atoms. The number of rotatable bonds is 7. The third kappa shape index (κ3) is 5.32. The van der Waals surface area contributed by atoms with Crippen LogP contribution in [-0.2, 0) is 18.3 Å². The minimum Gasteiger partial charge on any atom is -0.481 e. The Morgan fingerprint density at radius 2 is 2.11 bits per heavy atom. The summed E-state index contributed by atoms with van der Waals surface area (Å²) in [5.41, 5.74) is 2.24. The first-order valence-corrected chi connectivity index (χ1v) is 9.31. The van der Waals surface area contributed by atoms with Gasteiger partial charge in [0.05, 0.1) is 6.20 Å². The first-order chi connectivity index (χ1) is 13.0. The fraction of sp³-hybridized carbons (Fsp3) is 0.450. The van der Waals surface area contributed by atoms with Crippen molar-refractivity contribution < 1.29 is 14.7 Å². The number of carboxylic acids is 1. The molecular weight excluding hydrogens is 344 g/mol. The largest absolute Gasteiger partial charge is 0.481 e. The van der Waals surface area contributed by atoms with Crippen LogP contribution >= 0.6 is 0 Å². The van der Waals surface area contributed by atoms with Gasteiger partial charge >= 0.3 is 12.0 Å². The van der Waals surface area contributed by atoms with Gasteiger partial charge < -0.3 is 15.3 Å². The number of aryl methyl sites for hydroxylation is 1. The van der Waals surface area contributed by atoms with Crippen molar-refractivity contribution in [2.24, 2.45) is 7.05 Å². The third-order valence-corrected chi connectivity index (χ3v) is 5.03. The van der Waals surface area contributed by atoms with Crippen molar-refractivity contribution in [1.82, 2.24) is 20.0 Å². The summed E-state index contributed by atoms with van der Waals surface area (Å²) >= 11 is 0. The van der Waals surface area contributed by atoms with Gasteiger partial charge in [-0.2, -0.15) is 5.10 Å². The van der Waals surface area contributed by atoms with Crippen LogP contribution in [0, 0.1) is 0 Å². The summed E-state index contributed by atoms with van der Waals surface area (Å²) in [6, 6.07) is 9.51. The smallest absolute Gasteiger partial charge is 0.317 e. The summed E-state index contributed by atoms with van der Waals surface area (Å²) in [5.74, 6) is -0.545. The molecular formula is C20H26N4O3. The van der Waals surface area contributed by atoms with E-state index in [0.717, 1.165) is 17.5 Å². The van der Waals surface area contributed by atoms with E-state index in [1.165, 1.54) is 0 Å². The lowest BCUT2D eigenvalue weighted by Gasteiger charge is -2.23. The van der Waals surface area contributed by atoms with Crippen molar-refractivity contribution in [3.05, 3.63) is 53.9 Å². The average Bonchev–Trinajstić information content (AvgIpc) is 3.29. The summed E-state index contributed by atoms with van der Waals surface area (Å²) in [6.07, 6.45) is 5.84. The second kappa shape index (κ2) is 8.70. The van der Waals surface area contributed by atoms with Gasteiger partial charge in [0.25, 0.3) is 0 Å². The van der Waals surface area contributed by atoms with Crippen LogP contribution in [0.2, 0.25) is 0 Å². The Kier molecular flexibility index (Phi) is 6.11. The molecule has 0 radical (unpaired) electrons. The van der Waals surface area contributed by atoms with Gasteiger partial charge in [0, 0.05) is 44.7 Å². The minimum absolute atomic E-state index is 0.0378. The van der Waals surface area contributed by atoms with Crippen molar-refractivity contribution in [3.63, 3.8) is 0 Å². The fourth-order valence-corrected chi connectivity index (χ4v) is 3.56. The lowest BCUT2D eigenvalue weighted by molar-refractivity contribution is -0.137. The predicted molar refractivity (Wildman–Crippen MR) is 101 cm³/mol. The zero-order chi connectivity index (χ0) is 19.2. The molecule has 144 valence electrons. The average molecular weight is 370 g/mol. The van der Waals surface area contributed by atoms with E-state index in [-0.39, 0.29) is 18.5 Å². The Bertz CT molecular complexity index is 775. The molecule has 2 aromatic rings. The maximum Gasteiger partial charge on any atom is 0.317 e. The molecule has 2 atom stereocenters. The minimum atomic E-state index is -0.847. The molecule has 1 aromatic carbocycles. The number of likely N-dealkylation sites (tertiary alicyclic amines) is 1. The van der Waals surface area contributed by atoms with E-state index in [2.05, 4.69) is 10.4 Å². The van der Waals surface area contributed by atoms with Crippen LogP contribution in [0.15, 0.2) is 42.7 Å². The van der Waals surface area contributed by atoms with E-state index in [0.29, 0.717) is 31.8 Å². The van der Waals surface area contributed by atoms with Crippen molar-refractivity contribution in [2.75, 3.05) is 13.1 Å². The molecule has 27 heavy (non-hydrogen) atoms. The molecule has 2 amide bonds. The summed E-state index contributed by atoms with van der Waals surface area (Å²) in [7, 11) is 1.89. The Balaban J connectivity index is 1.59. The molecule has 1 aromatic heterocycles. The number of carboxylic acid groups (broad SMARTS) is 1. The van der Waals surface area contributed by atoms with Gasteiger partial charge in [-0.3, -0.25) is 9.48 Å². The number of hydrogen-bond donors (Lipinski definition) is 2. The summed E-state index contributed by atoms with van der Waals surface area (Å²) < 4.78 is 1.78. The van der Waals surface area contributed by atoms with Gasteiger partial charge in [-0.15, -0.1) is 0 Å². The fourth-order valence-electron chi connectivity index (χ4n) is 3.56. The second-order valence-electron chi connectivity index (χ2n) is 7.15. The number of carbonyl (C=O) groups excluding carboxylic acids is 1. The van der Waals surface area contributed by atoms with E-state index < -0.39 is 5.97 Å². The predicted octanol–water partition coefficient (Wildman–Crippen LogP) is 2.40. The number of aliphatic carboxylic acids is 1. The molecule has 0 bridgehead atoms. The molecule has 2 unspecified atom stereocenters. The Labute approximate surface area is 159 Å². The summed E-state index contributed by atoms with van der Waals surface area (Å²) in [4.78, 5) is 25.5. The van der Waals surface area contributed by atoms with Crippen molar-refractivity contribution in [3.8, 4) is 0 Å². The molecule has 7 nitrogen and oxygen atoms in total. The van der Waals surface area contributed by atoms with Gasteiger partial charge in [0.1, 0.15) is 0 Å². The highest BCUT2D eigenvalue weighted by atomic mass is 16.4. The zero-order valence-corrected chi connectivity index (χ0v) is 15.5. The van der Waals surface area contributed by atoms with Crippen LogP contribution in [0.3, 0.4) is 0 Å². The highest BCUT2D eigenvalue weighted by molar-refractivity contribution is 5.75. The number of amides is 2. The van der Waals surface area contributed by atoms with Crippen LogP contribution < -0.4 is 5.32 Å². The van der Waals surface area contributed by atoms with E-state index in [1.807, 2.05) is 54.7 Å². The first kappa shape index (κ1) is 18.9. The number of benzene rings is 1. The number of carbonyl (C=O) groups is 2. The molecule has 1 fully saturated rings. The summed E-state index contributed by atoms with van der Waals surface area (Å²) in [6.45, 7) is 1.36. The van der Waals surface area contributed by atoms with E-state index >= 15 is 0 Å². The molecule has 0 aliphatic carbocycles. The highest BCUT2D eigenvalue weighted by Crippen LogP contribution is 2.26. The molecule has 2 N–H and O–H groups in total. The van der Waals surface area contributed by atoms with E-state index in [1.54, 1.807) is 4.68 Å². The van der Waals surface area contributed by atoms with E-state index in [4.69, 9.17) is 5.11 Å². The van der Waals surface area contributed by atoms with Gasteiger partial charge in [-0.1, -0.05) is 30.3 Å². The number of nitrogens with one attached hydrogen (secondary N) is 1. The van der Waals surface area contributed by atoms with Crippen molar-refractivity contribution in [1.29, 1.82) is 0 Å². The second-order valence-corrected chi connectivity index (χ2v) is 7.15. The molecule has 1 aliphatic rings. The zero-order valence-electron chi connectivity index (χ0n) is 15.5. The van der Waals surface area contributed by atoms with E-state index in [9.17, 15) is 9.59 Å². The number of nitrogens with zero attached hydrogens (tertiary/aromatic N) is 3. The molecule has 1 aliphatic heterocycles. The Morgan fingerprint density at radius 3 is 2.78 bits per heavy atom. The SMILES string of the molecule is Cn1cc(C2CCN(C(=O)NC(CCC(=O)O)Cc3ccccc3)C2)cn1. The van der Waals surface area contributed by atoms with Crippen molar-refractivity contribution >= 4 is 12.0 Å². The molecule has 0 saturated carbocycles. The van der Waals surface area contributed by atoms with Crippen LogP contribution in [0.4, 0.5) is 4.79 Å². The number of hydrogen-bond acceptors (Lipinski definition) is 3. The Hall–Kier alpha value is -2.83. The topological polar surface area (TPSA) is 87.5 Å². The maximum absolute atomic E-state index is 12.7. The normalized spacial score (nSPS) is 17.7. The molecule has 7 heteroatoms. The standard InChI is InChI=1S/C20H26N4O3/c1-23-13-17(12-21-23)16-9-10-24(14-16)20(27)22-18(7-8-19(25)26)11-15-5-3-2-4-6-15/h2-6,12-13,16,18H,7-11,14H2,1H3,(H,22,27)(H,25,26). The quantitative estimate of drug-likeness (QED) is 0.783. The lowest BCUT2D eigenvalue weighted by atomic mass is 10.0. The monoisotopic (exact) mass is 370 g/mol. The number of aromatic nitrogens is 2. The van der Waals surface area contributed by atoms with Gasteiger partial charge in [0.2, 0.25) is 0 Å².